The molecular formula is C12H13N3O3. The summed E-state index contributed by atoms with van der Waals surface area (Å²) in [5.41, 5.74) is 1.65. The van der Waals surface area contributed by atoms with Gasteiger partial charge in [-0.2, -0.15) is 0 Å². The number of carbonyl (C=O) groups is 1. The topological polar surface area (TPSA) is 88.1 Å². The van der Waals surface area contributed by atoms with Crippen molar-refractivity contribution in [2.45, 2.75) is 18.8 Å². The van der Waals surface area contributed by atoms with Gasteiger partial charge in [0.2, 0.25) is 0 Å². The number of fused-ring (bicyclic) bond motifs is 1. The summed E-state index contributed by atoms with van der Waals surface area (Å²) in [7, 11) is 0. The second-order valence-electron chi connectivity index (χ2n) is 4.38. The smallest absolute Gasteiger partial charge is 0.338 e. The molecule has 0 aliphatic carbocycles. The lowest BCUT2D eigenvalue weighted by molar-refractivity contribution is 0.0699. The minimum atomic E-state index is -0.954. The number of rotatable bonds is 2. The van der Waals surface area contributed by atoms with Crippen LogP contribution in [0.15, 0.2) is 12.5 Å². The number of nitrogens with zero attached hydrogens (tertiary/aromatic N) is 2. The average Bonchev–Trinajstić information content (AvgIpc) is 2.83. The molecule has 0 saturated carbocycles. The summed E-state index contributed by atoms with van der Waals surface area (Å²) in [4.78, 5) is 22.5. The molecule has 2 aromatic rings. The van der Waals surface area contributed by atoms with Crippen molar-refractivity contribution in [3.63, 3.8) is 0 Å². The SMILES string of the molecule is O=C(O)c1c[nH]c2ncnc(C3CCOCC3)c12. The number of aromatic nitrogens is 3. The van der Waals surface area contributed by atoms with E-state index in [1.54, 1.807) is 0 Å². The van der Waals surface area contributed by atoms with Gasteiger partial charge in [0.05, 0.1) is 16.6 Å². The summed E-state index contributed by atoms with van der Waals surface area (Å²) in [6.07, 6.45) is 4.70. The Kier molecular flexibility index (Phi) is 2.71. The first-order valence-electron chi connectivity index (χ1n) is 5.90. The summed E-state index contributed by atoms with van der Waals surface area (Å²) >= 11 is 0. The first kappa shape index (κ1) is 11.2. The van der Waals surface area contributed by atoms with Crippen molar-refractivity contribution in [3.8, 4) is 0 Å². The molecule has 0 atom stereocenters. The summed E-state index contributed by atoms with van der Waals surface area (Å²) in [5, 5.41) is 9.83. The molecule has 94 valence electrons. The molecule has 0 amide bonds. The lowest BCUT2D eigenvalue weighted by Gasteiger charge is -2.21. The second-order valence-corrected chi connectivity index (χ2v) is 4.38. The largest absolute Gasteiger partial charge is 0.478 e. The van der Waals surface area contributed by atoms with Crippen molar-refractivity contribution >= 4 is 17.0 Å². The third-order valence-corrected chi connectivity index (χ3v) is 3.34. The Morgan fingerprint density at radius 1 is 1.39 bits per heavy atom. The molecular weight excluding hydrogens is 234 g/mol. The van der Waals surface area contributed by atoms with E-state index >= 15 is 0 Å². The van der Waals surface area contributed by atoms with Crippen LogP contribution in [0, 0.1) is 0 Å². The van der Waals surface area contributed by atoms with Crippen molar-refractivity contribution < 1.29 is 14.6 Å². The molecule has 6 nitrogen and oxygen atoms in total. The number of H-pyrrole nitrogens is 1. The van der Waals surface area contributed by atoms with E-state index in [2.05, 4.69) is 15.0 Å². The van der Waals surface area contributed by atoms with Crippen molar-refractivity contribution in [3.05, 3.63) is 23.8 Å². The van der Waals surface area contributed by atoms with E-state index in [0.717, 1.165) is 18.5 Å². The van der Waals surface area contributed by atoms with Crippen LogP contribution in [0.2, 0.25) is 0 Å². The van der Waals surface area contributed by atoms with Gasteiger partial charge in [0.15, 0.2) is 0 Å². The van der Waals surface area contributed by atoms with Crippen LogP contribution in [-0.2, 0) is 4.74 Å². The molecule has 0 aromatic carbocycles. The maximum atomic E-state index is 11.2. The normalized spacial score (nSPS) is 17.1. The highest BCUT2D eigenvalue weighted by Crippen LogP contribution is 2.31. The molecule has 1 aliphatic rings. The molecule has 2 aromatic heterocycles. The highest BCUT2D eigenvalue weighted by Gasteiger charge is 2.23. The molecule has 3 heterocycles. The second kappa shape index (κ2) is 4.38. The highest BCUT2D eigenvalue weighted by molar-refractivity contribution is 6.03. The van der Waals surface area contributed by atoms with Crippen LogP contribution < -0.4 is 0 Å². The van der Waals surface area contributed by atoms with Gasteiger partial charge in [-0.3, -0.25) is 0 Å². The zero-order chi connectivity index (χ0) is 12.5. The summed E-state index contributed by atoms with van der Waals surface area (Å²) < 4.78 is 5.32. The number of hydrogen-bond donors (Lipinski definition) is 2. The predicted molar refractivity (Wildman–Crippen MR) is 63.6 cm³/mol. The first-order valence-corrected chi connectivity index (χ1v) is 5.90. The number of hydrogen-bond acceptors (Lipinski definition) is 4. The van der Waals surface area contributed by atoms with Gasteiger partial charge in [-0.1, -0.05) is 0 Å². The van der Waals surface area contributed by atoms with Gasteiger partial charge in [-0.15, -0.1) is 0 Å². The Labute approximate surface area is 103 Å². The Balaban J connectivity index is 2.15. The van der Waals surface area contributed by atoms with E-state index in [1.807, 2.05) is 0 Å². The van der Waals surface area contributed by atoms with Gasteiger partial charge in [0.1, 0.15) is 12.0 Å². The Morgan fingerprint density at radius 2 is 2.17 bits per heavy atom. The van der Waals surface area contributed by atoms with Crippen molar-refractivity contribution in [1.82, 2.24) is 15.0 Å². The predicted octanol–water partition coefficient (Wildman–Crippen LogP) is 1.55. The van der Waals surface area contributed by atoms with Crippen LogP contribution in [0.3, 0.4) is 0 Å². The number of carboxylic acids is 1. The zero-order valence-corrected chi connectivity index (χ0v) is 9.72. The highest BCUT2D eigenvalue weighted by atomic mass is 16.5. The number of aromatic carboxylic acids is 1. The molecule has 18 heavy (non-hydrogen) atoms. The Morgan fingerprint density at radius 3 is 2.89 bits per heavy atom. The molecule has 0 unspecified atom stereocenters. The lowest BCUT2D eigenvalue weighted by atomic mass is 9.93. The van der Waals surface area contributed by atoms with E-state index < -0.39 is 5.97 Å². The van der Waals surface area contributed by atoms with E-state index in [0.29, 0.717) is 24.2 Å². The van der Waals surface area contributed by atoms with E-state index in [9.17, 15) is 9.90 Å². The fourth-order valence-corrected chi connectivity index (χ4v) is 2.44. The van der Waals surface area contributed by atoms with Gasteiger partial charge >= 0.3 is 5.97 Å². The summed E-state index contributed by atoms with van der Waals surface area (Å²) in [5.74, 6) is -0.706. The number of ether oxygens (including phenoxy) is 1. The van der Waals surface area contributed by atoms with Crippen LogP contribution >= 0.6 is 0 Å². The van der Waals surface area contributed by atoms with Crippen LogP contribution in [-0.4, -0.2) is 39.2 Å². The van der Waals surface area contributed by atoms with Gasteiger partial charge in [-0.05, 0) is 12.8 Å². The summed E-state index contributed by atoms with van der Waals surface area (Å²) in [6.45, 7) is 1.39. The molecule has 1 fully saturated rings. The van der Waals surface area contributed by atoms with Crippen LogP contribution in [0.4, 0.5) is 0 Å². The minimum Gasteiger partial charge on any atom is -0.478 e. The third-order valence-electron chi connectivity index (χ3n) is 3.34. The zero-order valence-electron chi connectivity index (χ0n) is 9.72. The number of nitrogens with one attached hydrogen (secondary N) is 1. The van der Waals surface area contributed by atoms with Crippen LogP contribution in [0.25, 0.3) is 11.0 Å². The maximum absolute atomic E-state index is 11.2. The molecule has 1 aliphatic heterocycles. The van der Waals surface area contributed by atoms with E-state index in [1.165, 1.54) is 12.5 Å². The van der Waals surface area contributed by atoms with Crippen molar-refractivity contribution in [2.24, 2.45) is 0 Å². The number of carboxylic acid groups (broad SMARTS) is 1. The molecule has 0 radical (unpaired) electrons. The van der Waals surface area contributed by atoms with E-state index in [4.69, 9.17) is 4.74 Å². The minimum absolute atomic E-state index is 0.243. The van der Waals surface area contributed by atoms with Crippen molar-refractivity contribution in [2.75, 3.05) is 13.2 Å². The molecule has 0 spiro atoms. The monoisotopic (exact) mass is 247 g/mol. The quantitative estimate of drug-likeness (QED) is 0.840. The molecule has 3 rings (SSSR count). The average molecular weight is 247 g/mol. The first-order chi connectivity index (χ1) is 8.77. The number of aromatic amines is 1. The molecule has 1 saturated heterocycles. The summed E-state index contributed by atoms with van der Waals surface area (Å²) in [6, 6.07) is 0. The third kappa shape index (κ3) is 1.74. The van der Waals surface area contributed by atoms with Crippen molar-refractivity contribution in [1.29, 1.82) is 0 Å². The van der Waals surface area contributed by atoms with Gasteiger partial charge in [0, 0.05) is 25.3 Å². The van der Waals surface area contributed by atoms with Crippen LogP contribution in [0.5, 0.6) is 0 Å². The van der Waals surface area contributed by atoms with Gasteiger partial charge in [0.25, 0.3) is 0 Å². The van der Waals surface area contributed by atoms with E-state index in [-0.39, 0.29) is 11.5 Å². The Hall–Kier alpha value is -1.95. The molecule has 0 bridgehead atoms. The van der Waals surface area contributed by atoms with Gasteiger partial charge < -0.3 is 14.8 Å². The molecule has 6 heteroatoms. The standard InChI is InChI=1S/C12H13N3O3/c16-12(17)8-5-13-11-9(8)10(14-6-15-11)7-1-3-18-4-2-7/h5-7H,1-4H2,(H,16,17)(H,13,14,15). The van der Waals surface area contributed by atoms with Crippen LogP contribution in [0.1, 0.15) is 34.8 Å². The lowest BCUT2D eigenvalue weighted by Crippen LogP contribution is -2.16. The fraction of sp³-hybridized carbons (Fsp3) is 0.417. The maximum Gasteiger partial charge on any atom is 0.338 e. The van der Waals surface area contributed by atoms with Gasteiger partial charge in [-0.25, -0.2) is 14.8 Å². The molecule has 2 N–H and O–H groups in total. The fourth-order valence-electron chi connectivity index (χ4n) is 2.44. The Bertz CT molecular complexity index is 587.